The van der Waals surface area contributed by atoms with Gasteiger partial charge in [0.2, 0.25) is 5.82 Å². The molecule has 1 heterocycles. The predicted octanol–water partition coefficient (Wildman–Crippen LogP) is 2.30. The maximum atomic E-state index is 10.5. The molecule has 1 aromatic rings. The molecule has 0 amide bonds. The molecule has 7 heteroatoms. The van der Waals surface area contributed by atoms with Gasteiger partial charge < -0.3 is 14.4 Å². The van der Waals surface area contributed by atoms with Crippen LogP contribution in [0, 0.1) is 5.92 Å². The minimum Gasteiger partial charge on any atom is -0.481 e. The largest absolute Gasteiger partial charge is 0.481 e. The van der Waals surface area contributed by atoms with Crippen LogP contribution in [0.2, 0.25) is 0 Å². The van der Waals surface area contributed by atoms with Crippen molar-refractivity contribution < 1.29 is 19.2 Å². The molecular weight excluding hydrogens is 268 g/mol. The van der Waals surface area contributed by atoms with Gasteiger partial charge in [-0.1, -0.05) is 30.3 Å². The summed E-state index contributed by atoms with van der Waals surface area (Å²) in [4.78, 5) is 14.8. The molecule has 0 aromatic carbocycles. The Kier molecular flexibility index (Phi) is 4.46. The summed E-state index contributed by atoms with van der Waals surface area (Å²) in [7, 11) is 1.67. The standard InChI is InChI=1S/C12H18N2O4S/c1-8-4-3-5-12(6-8,17-2)10-13-11(18-14-10)19-7-9(15)16/h8H,3-7H2,1-2H3,(H,15,16). The van der Waals surface area contributed by atoms with E-state index in [1.807, 2.05) is 0 Å². The quantitative estimate of drug-likeness (QED) is 0.831. The van der Waals surface area contributed by atoms with Crippen LogP contribution in [0.25, 0.3) is 0 Å². The molecule has 0 bridgehead atoms. The van der Waals surface area contributed by atoms with E-state index in [1.165, 1.54) is 6.42 Å². The summed E-state index contributed by atoms with van der Waals surface area (Å²) in [5.41, 5.74) is -0.483. The highest BCUT2D eigenvalue weighted by atomic mass is 32.2. The molecule has 1 aliphatic carbocycles. The average molecular weight is 286 g/mol. The molecule has 1 N–H and O–H groups in total. The van der Waals surface area contributed by atoms with Crippen LogP contribution in [-0.4, -0.2) is 34.1 Å². The Morgan fingerprint density at radius 3 is 3.11 bits per heavy atom. The van der Waals surface area contributed by atoms with Gasteiger partial charge in [0.05, 0.1) is 0 Å². The number of carboxylic acids is 1. The van der Waals surface area contributed by atoms with Gasteiger partial charge in [-0.25, -0.2) is 0 Å². The first-order chi connectivity index (χ1) is 9.05. The zero-order chi connectivity index (χ0) is 13.9. The Balaban J connectivity index is 2.12. The zero-order valence-electron chi connectivity index (χ0n) is 11.1. The molecule has 0 radical (unpaired) electrons. The first kappa shape index (κ1) is 14.3. The highest BCUT2D eigenvalue weighted by Gasteiger charge is 2.41. The third kappa shape index (κ3) is 3.27. The van der Waals surface area contributed by atoms with Crippen LogP contribution in [0.3, 0.4) is 0 Å². The summed E-state index contributed by atoms with van der Waals surface area (Å²) in [5.74, 6) is 0.104. The van der Waals surface area contributed by atoms with Gasteiger partial charge in [0.1, 0.15) is 11.4 Å². The number of thioether (sulfide) groups is 1. The average Bonchev–Trinajstić information content (AvgIpc) is 2.85. The first-order valence-electron chi connectivity index (χ1n) is 6.29. The number of aliphatic carboxylic acids is 1. The second-order valence-corrected chi connectivity index (χ2v) is 5.89. The van der Waals surface area contributed by atoms with E-state index >= 15 is 0 Å². The molecule has 0 aliphatic heterocycles. The summed E-state index contributed by atoms with van der Waals surface area (Å²) in [6.07, 6.45) is 3.99. The molecule has 6 nitrogen and oxygen atoms in total. The van der Waals surface area contributed by atoms with Gasteiger partial charge in [0.25, 0.3) is 5.22 Å². The molecule has 2 rings (SSSR count). The van der Waals surface area contributed by atoms with Crippen molar-refractivity contribution in [1.29, 1.82) is 0 Å². The highest BCUT2D eigenvalue weighted by molar-refractivity contribution is 7.99. The Morgan fingerprint density at radius 2 is 2.47 bits per heavy atom. The summed E-state index contributed by atoms with van der Waals surface area (Å²) >= 11 is 1.03. The summed E-state index contributed by atoms with van der Waals surface area (Å²) < 4.78 is 10.8. The Bertz CT molecular complexity index is 451. The number of rotatable bonds is 5. The van der Waals surface area contributed by atoms with Crippen LogP contribution in [0.5, 0.6) is 0 Å². The first-order valence-corrected chi connectivity index (χ1v) is 7.28. The second kappa shape index (κ2) is 5.92. The monoisotopic (exact) mass is 286 g/mol. The molecule has 19 heavy (non-hydrogen) atoms. The number of aromatic nitrogens is 2. The Hall–Kier alpha value is -1.08. The molecular formula is C12H18N2O4S. The molecule has 1 fully saturated rings. The van der Waals surface area contributed by atoms with Gasteiger partial charge in [-0.05, 0) is 25.2 Å². The molecule has 106 valence electrons. The molecule has 1 aromatic heterocycles. The summed E-state index contributed by atoms with van der Waals surface area (Å²) in [5, 5.41) is 12.9. The lowest BCUT2D eigenvalue weighted by atomic mass is 9.78. The number of ether oxygens (including phenoxy) is 1. The van der Waals surface area contributed by atoms with Crippen molar-refractivity contribution in [3.05, 3.63) is 5.82 Å². The fourth-order valence-corrected chi connectivity index (χ4v) is 3.05. The molecule has 2 atom stereocenters. The van der Waals surface area contributed by atoms with E-state index in [1.54, 1.807) is 7.11 Å². The highest BCUT2D eigenvalue weighted by Crippen LogP contribution is 2.41. The smallest absolute Gasteiger partial charge is 0.314 e. The fourth-order valence-electron chi connectivity index (χ4n) is 2.56. The second-order valence-electron chi connectivity index (χ2n) is 4.97. The van der Waals surface area contributed by atoms with E-state index in [-0.39, 0.29) is 11.0 Å². The lowest BCUT2D eigenvalue weighted by Gasteiger charge is -2.36. The lowest BCUT2D eigenvalue weighted by Crippen LogP contribution is -2.35. The number of methoxy groups -OCH3 is 1. The van der Waals surface area contributed by atoms with Crippen LogP contribution in [0.15, 0.2) is 9.75 Å². The van der Waals surface area contributed by atoms with Crippen LogP contribution in [0.1, 0.15) is 38.4 Å². The van der Waals surface area contributed by atoms with Crippen molar-refractivity contribution in [3.8, 4) is 0 Å². The third-order valence-corrected chi connectivity index (χ3v) is 4.28. The summed E-state index contributed by atoms with van der Waals surface area (Å²) in [6.45, 7) is 2.19. The molecule has 1 aliphatic rings. The number of carboxylic acid groups (broad SMARTS) is 1. The van der Waals surface area contributed by atoms with Crippen molar-refractivity contribution in [2.75, 3.05) is 12.9 Å². The van der Waals surface area contributed by atoms with Crippen molar-refractivity contribution >= 4 is 17.7 Å². The van der Waals surface area contributed by atoms with Crippen LogP contribution in [0.4, 0.5) is 0 Å². The minimum atomic E-state index is -0.905. The zero-order valence-corrected chi connectivity index (χ0v) is 11.9. The lowest BCUT2D eigenvalue weighted by molar-refractivity contribution is -0.133. The van der Waals surface area contributed by atoms with Crippen molar-refractivity contribution in [2.24, 2.45) is 5.92 Å². The maximum Gasteiger partial charge on any atom is 0.314 e. The van der Waals surface area contributed by atoms with Crippen molar-refractivity contribution in [3.63, 3.8) is 0 Å². The number of hydrogen-bond donors (Lipinski definition) is 1. The molecule has 2 unspecified atom stereocenters. The van der Waals surface area contributed by atoms with E-state index in [0.717, 1.165) is 31.0 Å². The van der Waals surface area contributed by atoms with E-state index < -0.39 is 11.6 Å². The van der Waals surface area contributed by atoms with Gasteiger partial charge in [-0.2, -0.15) is 4.98 Å². The number of nitrogens with zero attached hydrogens (tertiary/aromatic N) is 2. The van der Waals surface area contributed by atoms with Gasteiger partial charge in [0.15, 0.2) is 0 Å². The summed E-state index contributed by atoms with van der Waals surface area (Å²) in [6, 6.07) is 0. The minimum absolute atomic E-state index is 0.0853. The van der Waals surface area contributed by atoms with Crippen LogP contribution < -0.4 is 0 Å². The molecule has 1 saturated carbocycles. The van der Waals surface area contributed by atoms with Crippen LogP contribution in [-0.2, 0) is 15.1 Å². The van der Waals surface area contributed by atoms with Crippen LogP contribution >= 0.6 is 11.8 Å². The van der Waals surface area contributed by atoms with E-state index in [2.05, 4.69) is 17.1 Å². The van der Waals surface area contributed by atoms with Gasteiger partial charge in [-0.3, -0.25) is 4.79 Å². The van der Waals surface area contributed by atoms with Gasteiger partial charge >= 0.3 is 5.97 Å². The predicted molar refractivity (Wildman–Crippen MR) is 69.0 cm³/mol. The number of hydrogen-bond acceptors (Lipinski definition) is 6. The Labute approximate surface area is 115 Å². The molecule has 0 spiro atoms. The van der Waals surface area contributed by atoms with Crippen molar-refractivity contribution in [1.82, 2.24) is 10.1 Å². The fraction of sp³-hybridized carbons (Fsp3) is 0.750. The SMILES string of the molecule is COC1(c2noc(SCC(=O)O)n2)CCCC(C)C1. The van der Waals surface area contributed by atoms with Gasteiger partial charge in [-0.15, -0.1) is 0 Å². The van der Waals surface area contributed by atoms with E-state index in [0.29, 0.717) is 11.7 Å². The normalized spacial score (nSPS) is 27.4. The maximum absolute atomic E-state index is 10.5. The molecule has 0 saturated heterocycles. The van der Waals surface area contributed by atoms with Gasteiger partial charge in [0, 0.05) is 7.11 Å². The van der Waals surface area contributed by atoms with Crippen molar-refractivity contribution in [2.45, 2.75) is 43.4 Å². The number of carbonyl (C=O) groups is 1. The van der Waals surface area contributed by atoms with E-state index in [4.69, 9.17) is 14.4 Å². The third-order valence-electron chi connectivity index (χ3n) is 3.48. The topological polar surface area (TPSA) is 85.5 Å². The Morgan fingerprint density at radius 1 is 1.68 bits per heavy atom. The van der Waals surface area contributed by atoms with E-state index in [9.17, 15) is 4.79 Å².